The van der Waals surface area contributed by atoms with Crippen LogP contribution in [0.2, 0.25) is 0 Å². The number of nitro benzene ring substituents is 1. The van der Waals surface area contributed by atoms with Crippen molar-refractivity contribution >= 4 is 27.5 Å². The molecule has 1 aromatic carbocycles. The van der Waals surface area contributed by atoms with Gasteiger partial charge in [-0.3, -0.25) is 14.9 Å². The Morgan fingerprint density at radius 2 is 2.20 bits per heavy atom. The number of carbonyl (C=O) groups excluding carboxylic acids is 1. The van der Waals surface area contributed by atoms with Crippen LogP contribution < -0.4 is 0 Å². The Balaban J connectivity index is 2.34. The highest BCUT2D eigenvalue weighted by molar-refractivity contribution is 9.09. The first-order chi connectivity index (χ1) is 9.54. The Kier molecular flexibility index (Phi) is 4.75. The van der Waals surface area contributed by atoms with Crippen LogP contribution in [0, 0.1) is 17.0 Å². The van der Waals surface area contributed by atoms with Gasteiger partial charge in [0.25, 0.3) is 11.6 Å². The van der Waals surface area contributed by atoms with E-state index >= 15 is 0 Å². The summed E-state index contributed by atoms with van der Waals surface area (Å²) in [6.45, 7) is 2.41. The van der Waals surface area contributed by atoms with Crippen molar-refractivity contribution in [1.29, 1.82) is 0 Å². The Hall–Kier alpha value is -1.43. The second-order valence-corrected chi connectivity index (χ2v) is 5.84. The number of nitro groups is 1. The molecule has 0 aliphatic heterocycles. The molecule has 0 spiro atoms. The Bertz CT molecular complexity index is 529. The van der Waals surface area contributed by atoms with E-state index in [2.05, 4.69) is 15.9 Å². The third-order valence-corrected chi connectivity index (χ3v) is 4.04. The monoisotopic (exact) mass is 340 g/mol. The van der Waals surface area contributed by atoms with Crippen LogP contribution >= 0.6 is 15.9 Å². The second kappa shape index (κ2) is 6.35. The van der Waals surface area contributed by atoms with E-state index in [0.717, 1.165) is 24.8 Å². The molecule has 0 radical (unpaired) electrons. The van der Waals surface area contributed by atoms with E-state index in [1.807, 2.05) is 6.92 Å². The highest BCUT2D eigenvalue weighted by atomic mass is 79.9. The lowest BCUT2D eigenvalue weighted by Gasteiger charge is -2.37. The summed E-state index contributed by atoms with van der Waals surface area (Å²) < 4.78 is 0. The summed E-state index contributed by atoms with van der Waals surface area (Å²) in [7, 11) is 0. The Morgan fingerprint density at radius 1 is 1.50 bits per heavy atom. The summed E-state index contributed by atoms with van der Waals surface area (Å²) >= 11 is 3.35. The molecular weight excluding hydrogens is 324 g/mol. The summed E-state index contributed by atoms with van der Waals surface area (Å²) in [6.07, 6.45) is 3.09. The molecule has 0 N–H and O–H groups in total. The van der Waals surface area contributed by atoms with Gasteiger partial charge in [0.15, 0.2) is 0 Å². The second-order valence-electron chi connectivity index (χ2n) is 5.05. The van der Waals surface area contributed by atoms with E-state index < -0.39 is 4.92 Å². The quantitative estimate of drug-likeness (QED) is 0.469. The van der Waals surface area contributed by atoms with Crippen LogP contribution in [0.5, 0.6) is 0 Å². The molecule has 0 unspecified atom stereocenters. The highest BCUT2D eigenvalue weighted by Gasteiger charge is 2.32. The number of carbonyl (C=O) groups is 1. The number of nitrogens with zero attached hydrogens (tertiary/aromatic N) is 2. The van der Waals surface area contributed by atoms with Gasteiger partial charge in [-0.2, -0.15) is 0 Å². The number of alkyl halides is 1. The molecule has 1 aromatic rings. The number of halogens is 1. The number of rotatable bonds is 5. The van der Waals surface area contributed by atoms with Crippen LogP contribution in [0.1, 0.15) is 35.2 Å². The first kappa shape index (κ1) is 15.0. The predicted molar refractivity (Wildman–Crippen MR) is 80.3 cm³/mol. The number of benzene rings is 1. The molecule has 2 rings (SSSR count). The molecule has 1 aliphatic carbocycles. The predicted octanol–water partition coefficient (Wildman–Crippen LogP) is 3.29. The lowest BCUT2D eigenvalue weighted by molar-refractivity contribution is -0.385. The number of hydrogen-bond donors (Lipinski definition) is 0. The third-order valence-electron chi connectivity index (χ3n) is 3.68. The molecule has 108 valence electrons. The van der Waals surface area contributed by atoms with E-state index in [4.69, 9.17) is 0 Å². The lowest BCUT2D eigenvalue weighted by atomic mass is 9.91. The molecule has 1 amide bonds. The maximum absolute atomic E-state index is 12.6. The molecule has 0 heterocycles. The van der Waals surface area contributed by atoms with E-state index in [9.17, 15) is 14.9 Å². The fourth-order valence-electron chi connectivity index (χ4n) is 2.37. The number of aryl methyl sites for hydroxylation is 1. The van der Waals surface area contributed by atoms with Gasteiger partial charge in [-0.25, -0.2) is 0 Å². The average molecular weight is 341 g/mol. The van der Waals surface area contributed by atoms with Gasteiger partial charge in [0.1, 0.15) is 5.56 Å². The van der Waals surface area contributed by atoms with Crippen LogP contribution in [-0.4, -0.2) is 33.6 Å². The fourth-order valence-corrected chi connectivity index (χ4v) is 2.76. The molecule has 0 bridgehead atoms. The molecule has 0 atom stereocenters. The van der Waals surface area contributed by atoms with Gasteiger partial charge in [-0.05, 0) is 37.8 Å². The molecule has 5 nitrogen and oxygen atoms in total. The molecule has 1 aliphatic rings. The normalized spacial score (nSPS) is 14.7. The standard InChI is InChI=1S/C14H17BrN2O3/c1-10-5-6-13(17(19)20)12(9-10)14(18)16(8-7-15)11-3-2-4-11/h5-6,9,11H,2-4,7-8H2,1H3. The Morgan fingerprint density at radius 3 is 2.70 bits per heavy atom. The van der Waals surface area contributed by atoms with Gasteiger partial charge >= 0.3 is 0 Å². The summed E-state index contributed by atoms with van der Waals surface area (Å²) in [5.41, 5.74) is 0.939. The van der Waals surface area contributed by atoms with Crippen molar-refractivity contribution < 1.29 is 9.72 Å². The van der Waals surface area contributed by atoms with Crippen LogP contribution in [-0.2, 0) is 0 Å². The first-order valence-electron chi connectivity index (χ1n) is 6.66. The largest absolute Gasteiger partial charge is 0.335 e. The summed E-state index contributed by atoms with van der Waals surface area (Å²) in [6, 6.07) is 4.91. The highest BCUT2D eigenvalue weighted by Crippen LogP contribution is 2.29. The SMILES string of the molecule is Cc1ccc([N+](=O)[O-])c(C(=O)N(CCBr)C2CCC2)c1. The van der Waals surface area contributed by atoms with E-state index in [-0.39, 0.29) is 23.2 Å². The van der Waals surface area contributed by atoms with Crippen LogP contribution in [0.3, 0.4) is 0 Å². The zero-order valence-corrected chi connectivity index (χ0v) is 12.9. The number of amides is 1. The zero-order valence-electron chi connectivity index (χ0n) is 11.3. The smallest absolute Gasteiger partial charge is 0.282 e. The van der Waals surface area contributed by atoms with Crippen molar-refractivity contribution in [2.45, 2.75) is 32.2 Å². The number of hydrogen-bond acceptors (Lipinski definition) is 3. The Labute approximate surface area is 126 Å². The van der Waals surface area contributed by atoms with Crippen molar-refractivity contribution in [2.75, 3.05) is 11.9 Å². The van der Waals surface area contributed by atoms with Crippen molar-refractivity contribution in [3.63, 3.8) is 0 Å². The van der Waals surface area contributed by atoms with Crippen LogP contribution in [0.25, 0.3) is 0 Å². The van der Waals surface area contributed by atoms with Gasteiger partial charge < -0.3 is 4.90 Å². The summed E-state index contributed by atoms with van der Waals surface area (Å²) in [5.74, 6) is -0.232. The van der Waals surface area contributed by atoms with Gasteiger partial charge in [-0.1, -0.05) is 22.0 Å². The van der Waals surface area contributed by atoms with Gasteiger partial charge in [0, 0.05) is 24.0 Å². The molecule has 1 fully saturated rings. The maximum atomic E-state index is 12.6. The molecule has 0 saturated heterocycles. The zero-order chi connectivity index (χ0) is 14.7. The molecule has 0 aromatic heterocycles. The van der Waals surface area contributed by atoms with Gasteiger partial charge in [0.2, 0.25) is 0 Å². The first-order valence-corrected chi connectivity index (χ1v) is 7.78. The third kappa shape index (κ3) is 3.00. The van der Waals surface area contributed by atoms with Gasteiger partial charge in [0.05, 0.1) is 4.92 Å². The maximum Gasteiger partial charge on any atom is 0.282 e. The van der Waals surface area contributed by atoms with Crippen LogP contribution in [0.4, 0.5) is 5.69 Å². The summed E-state index contributed by atoms with van der Waals surface area (Å²) in [5, 5.41) is 11.8. The minimum Gasteiger partial charge on any atom is -0.335 e. The topological polar surface area (TPSA) is 63.5 Å². The van der Waals surface area contributed by atoms with Crippen molar-refractivity contribution in [1.82, 2.24) is 4.90 Å². The molecule has 6 heteroatoms. The van der Waals surface area contributed by atoms with Crippen molar-refractivity contribution in [3.8, 4) is 0 Å². The van der Waals surface area contributed by atoms with E-state index in [0.29, 0.717) is 11.9 Å². The van der Waals surface area contributed by atoms with E-state index in [1.165, 1.54) is 6.07 Å². The van der Waals surface area contributed by atoms with Crippen LogP contribution in [0.15, 0.2) is 18.2 Å². The minimum atomic E-state index is -0.486. The fraction of sp³-hybridized carbons (Fsp3) is 0.500. The average Bonchev–Trinajstić information content (AvgIpc) is 2.34. The van der Waals surface area contributed by atoms with Crippen molar-refractivity contribution in [2.24, 2.45) is 0 Å². The molecule has 20 heavy (non-hydrogen) atoms. The lowest BCUT2D eigenvalue weighted by Crippen LogP contribution is -2.45. The van der Waals surface area contributed by atoms with Crippen molar-refractivity contribution in [3.05, 3.63) is 39.4 Å². The summed E-state index contributed by atoms with van der Waals surface area (Å²) in [4.78, 5) is 25.0. The minimum absolute atomic E-state index is 0.112. The molecule has 1 saturated carbocycles. The van der Waals surface area contributed by atoms with Gasteiger partial charge in [-0.15, -0.1) is 0 Å². The van der Waals surface area contributed by atoms with E-state index in [1.54, 1.807) is 17.0 Å². The molecular formula is C14H17BrN2O3.